The van der Waals surface area contributed by atoms with Gasteiger partial charge >= 0.3 is 0 Å². The number of benzene rings is 2. The van der Waals surface area contributed by atoms with E-state index in [1.165, 1.54) is 0 Å². The zero-order chi connectivity index (χ0) is 15.2. The van der Waals surface area contributed by atoms with Crippen LogP contribution in [0.15, 0.2) is 60.7 Å². The molecule has 0 aliphatic rings. The van der Waals surface area contributed by atoms with Gasteiger partial charge in [0.2, 0.25) is 5.88 Å². The first-order valence-electron chi connectivity index (χ1n) is 6.26. The number of aromatic nitrogens is 2. The predicted molar refractivity (Wildman–Crippen MR) is 86.8 cm³/mol. The number of aromatic hydroxyl groups is 1. The van der Waals surface area contributed by atoms with Crippen LogP contribution in [0, 0.1) is 0 Å². The zero-order valence-corrected chi connectivity index (χ0v) is 12.9. The van der Waals surface area contributed by atoms with Crippen LogP contribution in [-0.4, -0.2) is 14.9 Å². The first kappa shape index (κ1) is 15.4. The van der Waals surface area contributed by atoms with Gasteiger partial charge in [0.15, 0.2) is 0 Å². The fourth-order valence-corrected chi connectivity index (χ4v) is 2.29. The van der Waals surface area contributed by atoms with Crippen LogP contribution >= 0.6 is 23.2 Å². The quantitative estimate of drug-likeness (QED) is 0.700. The highest BCUT2D eigenvalue weighted by atomic mass is 35.5. The van der Waals surface area contributed by atoms with E-state index >= 15 is 0 Å². The van der Waals surface area contributed by atoms with Crippen molar-refractivity contribution in [3.8, 4) is 17.1 Å². The Morgan fingerprint density at radius 2 is 1.52 bits per heavy atom. The van der Waals surface area contributed by atoms with Gasteiger partial charge in [-0.2, -0.15) is 0 Å². The number of hydrogen-bond acceptors (Lipinski definition) is 2. The molecule has 0 fully saturated rings. The number of rotatable bonds is 1. The zero-order valence-electron chi connectivity index (χ0n) is 11.4. The molecule has 1 aromatic heterocycles. The second-order valence-corrected chi connectivity index (χ2v) is 5.13. The van der Waals surface area contributed by atoms with Crippen molar-refractivity contribution >= 4 is 23.2 Å². The molecule has 3 rings (SSSR count). The third-order valence-electron chi connectivity index (χ3n) is 2.74. The Morgan fingerprint density at radius 3 is 1.95 bits per heavy atom. The first-order valence-corrected chi connectivity index (χ1v) is 7.02. The summed E-state index contributed by atoms with van der Waals surface area (Å²) in [4.78, 5) is 0. The highest BCUT2D eigenvalue weighted by molar-refractivity contribution is 6.36. The summed E-state index contributed by atoms with van der Waals surface area (Å²) in [5.74, 6) is -0.0292. The van der Waals surface area contributed by atoms with E-state index in [0.717, 1.165) is 11.3 Å². The summed E-state index contributed by atoms with van der Waals surface area (Å²) in [7, 11) is 1.74. The van der Waals surface area contributed by atoms with Gasteiger partial charge in [0, 0.05) is 23.7 Å². The third kappa shape index (κ3) is 4.25. The topological polar surface area (TPSA) is 38.0 Å². The molecule has 0 aliphatic heterocycles. The van der Waals surface area contributed by atoms with E-state index in [9.17, 15) is 5.11 Å². The van der Waals surface area contributed by atoms with Gasteiger partial charge in [-0.1, -0.05) is 59.6 Å². The average molecular weight is 321 g/mol. The maximum atomic E-state index is 9.24. The lowest BCUT2D eigenvalue weighted by molar-refractivity contribution is 0.444. The van der Waals surface area contributed by atoms with Crippen LogP contribution in [0.3, 0.4) is 0 Å². The summed E-state index contributed by atoms with van der Waals surface area (Å²) in [6, 6.07) is 18.7. The minimum Gasteiger partial charge on any atom is -0.492 e. The van der Waals surface area contributed by atoms with Gasteiger partial charge in [0.25, 0.3) is 0 Å². The minimum atomic E-state index is -0.0292. The largest absolute Gasteiger partial charge is 0.492 e. The lowest BCUT2D eigenvalue weighted by Crippen LogP contribution is -1.93. The van der Waals surface area contributed by atoms with Gasteiger partial charge in [-0.3, -0.25) is 4.68 Å². The van der Waals surface area contributed by atoms with Gasteiger partial charge in [0.05, 0.1) is 10.7 Å². The summed E-state index contributed by atoms with van der Waals surface area (Å²) in [6.07, 6.45) is 0. The molecule has 3 nitrogen and oxygen atoms in total. The summed E-state index contributed by atoms with van der Waals surface area (Å²) in [6.45, 7) is 0. The molecular formula is C16H14Cl2N2O. The van der Waals surface area contributed by atoms with Crippen LogP contribution in [-0.2, 0) is 7.05 Å². The van der Waals surface area contributed by atoms with E-state index in [1.807, 2.05) is 36.4 Å². The van der Waals surface area contributed by atoms with Gasteiger partial charge in [-0.25, -0.2) is 0 Å². The minimum absolute atomic E-state index is 0.0292. The normalized spacial score (nSPS) is 9.86. The maximum Gasteiger partial charge on any atom is 0.230 e. The van der Waals surface area contributed by atoms with Crippen LogP contribution in [0.2, 0.25) is 10.0 Å². The summed E-state index contributed by atoms with van der Waals surface area (Å²) in [5, 5.41) is 14.2. The highest BCUT2D eigenvalue weighted by Gasteiger charge is 2.10. The Kier molecular flexibility index (Phi) is 5.26. The van der Waals surface area contributed by atoms with Crippen molar-refractivity contribution in [1.29, 1.82) is 0 Å². The highest BCUT2D eigenvalue weighted by Crippen LogP contribution is 2.31. The lowest BCUT2D eigenvalue weighted by Gasteiger charge is -2.04. The molecule has 108 valence electrons. The predicted octanol–water partition coefficient (Wildman–Crippen LogP) is 4.79. The molecule has 2 aromatic carbocycles. The van der Waals surface area contributed by atoms with Gasteiger partial charge in [-0.15, -0.1) is 5.10 Å². The molecule has 0 bridgehead atoms. The molecule has 0 spiro atoms. The van der Waals surface area contributed by atoms with Crippen molar-refractivity contribution in [3.63, 3.8) is 0 Å². The second-order valence-electron chi connectivity index (χ2n) is 4.29. The van der Waals surface area contributed by atoms with Crippen molar-refractivity contribution in [1.82, 2.24) is 9.78 Å². The lowest BCUT2D eigenvalue weighted by atomic mass is 10.1. The van der Waals surface area contributed by atoms with Crippen molar-refractivity contribution in [2.24, 2.45) is 7.05 Å². The Bertz CT molecular complexity index is 685. The van der Waals surface area contributed by atoms with Gasteiger partial charge in [0.1, 0.15) is 0 Å². The molecule has 0 aliphatic carbocycles. The van der Waals surface area contributed by atoms with Gasteiger partial charge < -0.3 is 5.11 Å². The van der Waals surface area contributed by atoms with Crippen molar-refractivity contribution in [2.75, 3.05) is 0 Å². The molecule has 3 aromatic rings. The Hall–Kier alpha value is -1.97. The third-order valence-corrected chi connectivity index (χ3v) is 3.29. The number of halogens is 2. The van der Waals surface area contributed by atoms with E-state index in [1.54, 1.807) is 36.0 Å². The fourth-order valence-electron chi connectivity index (χ4n) is 1.79. The molecule has 1 heterocycles. The van der Waals surface area contributed by atoms with Crippen LogP contribution in [0.25, 0.3) is 11.3 Å². The Morgan fingerprint density at radius 1 is 0.952 bits per heavy atom. The maximum absolute atomic E-state index is 9.24. The smallest absolute Gasteiger partial charge is 0.230 e. The summed E-state index contributed by atoms with van der Waals surface area (Å²) < 4.78 is 1.56. The molecule has 0 unspecified atom stereocenters. The molecule has 0 amide bonds. The van der Waals surface area contributed by atoms with Crippen molar-refractivity contribution < 1.29 is 5.11 Å². The Labute approximate surface area is 133 Å². The molecule has 5 heteroatoms. The standard InChI is InChI=1S/C10H8Cl2N2O.C6H6/c1-14-9(5-10(15)13-14)7-3-2-6(11)4-8(7)12;1-2-4-6-5-3-1/h2-5H,1H3,(H,13,15);1-6H. The van der Waals surface area contributed by atoms with Crippen LogP contribution < -0.4 is 0 Å². The first-order chi connectivity index (χ1) is 10.1. The summed E-state index contributed by atoms with van der Waals surface area (Å²) in [5.41, 5.74) is 1.53. The van der Waals surface area contributed by atoms with E-state index in [4.69, 9.17) is 23.2 Å². The van der Waals surface area contributed by atoms with Crippen molar-refractivity contribution in [3.05, 3.63) is 70.7 Å². The van der Waals surface area contributed by atoms with Crippen molar-refractivity contribution in [2.45, 2.75) is 0 Å². The molecule has 21 heavy (non-hydrogen) atoms. The van der Waals surface area contributed by atoms with E-state index in [2.05, 4.69) is 5.10 Å². The van der Waals surface area contributed by atoms with E-state index in [-0.39, 0.29) is 5.88 Å². The SMILES string of the molecule is Cn1nc(O)cc1-c1ccc(Cl)cc1Cl.c1ccccc1. The number of nitrogens with zero attached hydrogens (tertiary/aromatic N) is 2. The van der Waals surface area contributed by atoms with E-state index in [0.29, 0.717) is 10.0 Å². The molecule has 0 saturated carbocycles. The molecule has 0 atom stereocenters. The van der Waals surface area contributed by atoms with Crippen LogP contribution in [0.4, 0.5) is 0 Å². The molecular weight excluding hydrogens is 307 g/mol. The molecule has 0 radical (unpaired) electrons. The van der Waals surface area contributed by atoms with Crippen LogP contribution in [0.5, 0.6) is 5.88 Å². The number of aryl methyl sites for hydroxylation is 1. The number of hydrogen-bond donors (Lipinski definition) is 1. The Balaban J connectivity index is 0.000000225. The monoisotopic (exact) mass is 320 g/mol. The fraction of sp³-hybridized carbons (Fsp3) is 0.0625. The van der Waals surface area contributed by atoms with Gasteiger partial charge in [-0.05, 0) is 18.2 Å². The van der Waals surface area contributed by atoms with E-state index < -0.39 is 0 Å². The molecule has 0 saturated heterocycles. The summed E-state index contributed by atoms with van der Waals surface area (Å²) >= 11 is 11.8. The van der Waals surface area contributed by atoms with Crippen LogP contribution in [0.1, 0.15) is 0 Å². The molecule has 1 N–H and O–H groups in total. The second kappa shape index (κ2) is 7.16. The average Bonchev–Trinajstić information content (AvgIpc) is 2.80.